The minimum absolute atomic E-state index is 0.103. The number of hydrogen-bond acceptors (Lipinski definition) is 1. The van der Waals surface area contributed by atoms with Crippen molar-refractivity contribution in [2.75, 3.05) is 0 Å². The molecule has 0 bridgehead atoms. The number of fused-ring (bicyclic) bond motifs is 1. The maximum Gasteiger partial charge on any atom is 0.130 e. The molecule has 1 heterocycles. The molecule has 0 radical (unpaired) electrons. The summed E-state index contributed by atoms with van der Waals surface area (Å²) in [6, 6.07) is 1.84. The van der Waals surface area contributed by atoms with Crippen molar-refractivity contribution < 1.29 is 4.39 Å². The van der Waals surface area contributed by atoms with Gasteiger partial charge in [-0.2, -0.15) is 5.10 Å². The lowest BCUT2D eigenvalue weighted by Crippen LogP contribution is -1.96. The summed E-state index contributed by atoms with van der Waals surface area (Å²) >= 11 is 0. The van der Waals surface area contributed by atoms with Crippen LogP contribution in [0.15, 0.2) is 12.3 Å². The molecule has 0 aliphatic carbocycles. The Labute approximate surface area is 82.1 Å². The van der Waals surface area contributed by atoms with E-state index in [1.807, 2.05) is 19.9 Å². The minimum atomic E-state index is -0.103. The zero-order chi connectivity index (χ0) is 10.3. The molecule has 2 rings (SSSR count). The molecule has 0 unspecified atom stereocenters. The van der Waals surface area contributed by atoms with E-state index in [9.17, 15) is 4.39 Å². The summed E-state index contributed by atoms with van der Waals surface area (Å²) in [4.78, 5) is 0. The van der Waals surface area contributed by atoms with Gasteiger partial charge in [0.05, 0.1) is 11.7 Å². The van der Waals surface area contributed by atoms with Crippen molar-refractivity contribution in [2.24, 2.45) is 0 Å². The van der Waals surface area contributed by atoms with Gasteiger partial charge in [-0.15, -0.1) is 0 Å². The number of rotatable bonds is 1. The first-order chi connectivity index (χ1) is 6.61. The van der Waals surface area contributed by atoms with Crippen LogP contribution < -0.4 is 0 Å². The largest absolute Gasteiger partial charge is 0.278 e. The molecule has 0 spiro atoms. The van der Waals surface area contributed by atoms with E-state index in [0.29, 0.717) is 5.56 Å². The highest BCUT2D eigenvalue weighted by atomic mass is 19.1. The number of aryl methyl sites for hydroxylation is 1. The highest BCUT2D eigenvalue weighted by Gasteiger charge is 2.13. The Morgan fingerprint density at radius 1 is 1.43 bits per heavy atom. The van der Waals surface area contributed by atoms with Crippen molar-refractivity contribution in [2.45, 2.75) is 26.7 Å². The summed E-state index contributed by atoms with van der Waals surface area (Å²) in [5.74, 6) is 0.0929. The van der Waals surface area contributed by atoms with E-state index >= 15 is 0 Å². The Morgan fingerprint density at radius 3 is 2.79 bits per heavy atom. The molecule has 0 aliphatic rings. The van der Waals surface area contributed by atoms with Gasteiger partial charge in [-0.3, -0.25) is 5.10 Å². The molecule has 0 amide bonds. The summed E-state index contributed by atoms with van der Waals surface area (Å²) in [6.07, 6.45) is 1.66. The fourth-order valence-electron chi connectivity index (χ4n) is 1.68. The Hall–Kier alpha value is -1.38. The van der Waals surface area contributed by atoms with Gasteiger partial charge >= 0.3 is 0 Å². The van der Waals surface area contributed by atoms with Gasteiger partial charge in [0.2, 0.25) is 0 Å². The molecule has 1 N–H and O–H groups in total. The van der Waals surface area contributed by atoms with Crippen LogP contribution in [0.5, 0.6) is 0 Å². The van der Waals surface area contributed by atoms with Gasteiger partial charge in [-0.1, -0.05) is 13.8 Å². The second-order valence-electron chi connectivity index (χ2n) is 3.89. The second-order valence-corrected chi connectivity index (χ2v) is 3.89. The number of H-pyrrole nitrogens is 1. The highest BCUT2D eigenvalue weighted by molar-refractivity contribution is 5.82. The summed E-state index contributed by atoms with van der Waals surface area (Å²) in [5.41, 5.74) is 2.34. The molecule has 0 fully saturated rings. The van der Waals surface area contributed by atoms with Crippen LogP contribution in [0.4, 0.5) is 4.39 Å². The molecule has 3 heteroatoms. The summed E-state index contributed by atoms with van der Waals surface area (Å²) in [7, 11) is 0. The Bertz CT molecular complexity index is 471. The van der Waals surface area contributed by atoms with Gasteiger partial charge in [0.25, 0.3) is 0 Å². The van der Waals surface area contributed by atoms with Gasteiger partial charge in [0.15, 0.2) is 0 Å². The zero-order valence-electron chi connectivity index (χ0n) is 8.56. The molecule has 2 aromatic rings. The molecule has 0 aliphatic heterocycles. The molecule has 14 heavy (non-hydrogen) atoms. The Morgan fingerprint density at radius 2 is 2.14 bits per heavy atom. The molecular formula is C11H13FN2. The van der Waals surface area contributed by atoms with E-state index in [1.165, 1.54) is 0 Å². The number of aromatic amines is 1. The maximum absolute atomic E-state index is 13.8. The first-order valence-electron chi connectivity index (χ1n) is 4.73. The average Bonchev–Trinajstić information content (AvgIpc) is 2.58. The number of halogens is 1. The Kier molecular flexibility index (Phi) is 2.02. The monoisotopic (exact) mass is 192 g/mol. The second kappa shape index (κ2) is 3.08. The van der Waals surface area contributed by atoms with Crippen molar-refractivity contribution in [3.05, 3.63) is 29.2 Å². The van der Waals surface area contributed by atoms with Crippen molar-refractivity contribution in [3.8, 4) is 0 Å². The fraction of sp³-hybridized carbons (Fsp3) is 0.364. The van der Waals surface area contributed by atoms with Gasteiger partial charge in [0, 0.05) is 5.39 Å². The molecule has 2 nitrogen and oxygen atoms in total. The first-order valence-corrected chi connectivity index (χ1v) is 4.73. The molecule has 1 aromatic heterocycles. The maximum atomic E-state index is 13.8. The first kappa shape index (κ1) is 9.19. The molecule has 1 aromatic carbocycles. The van der Waals surface area contributed by atoms with Crippen LogP contribution >= 0.6 is 0 Å². The van der Waals surface area contributed by atoms with Crippen LogP contribution in [-0.2, 0) is 0 Å². The SMILES string of the molecule is Cc1c(F)c(C(C)C)cc2[nH]ncc12. The van der Waals surface area contributed by atoms with Gasteiger partial charge in [-0.25, -0.2) is 4.39 Å². The van der Waals surface area contributed by atoms with Crippen LogP contribution in [0, 0.1) is 12.7 Å². The summed E-state index contributed by atoms with van der Waals surface area (Å²) < 4.78 is 13.8. The quantitative estimate of drug-likeness (QED) is 0.738. The van der Waals surface area contributed by atoms with E-state index in [0.717, 1.165) is 16.5 Å². The number of hydrogen-bond donors (Lipinski definition) is 1. The molecular weight excluding hydrogens is 179 g/mol. The lowest BCUT2D eigenvalue weighted by molar-refractivity contribution is 0.592. The van der Waals surface area contributed by atoms with E-state index < -0.39 is 0 Å². The van der Waals surface area contributed by atoms with Crippen LogP contribution in [0.3, 0.4) is 0 Å². The van der Waals surface area contributed by atoms with Crippen molar-refractivity contribution >= 4 is 10.9 Å². The fourth-order valence-corrected chi connectivity index (χ4v) is 1.68. The van der Waals surface area contributed by atoms with Crippen molar-refractivity contribution in [1.29, 1.82) is 0 Å². The smallest absolute Gasteiger partial charge is 0.130 e. The van der Waals surface area contributed by atoms with Gasteiger partial charge < -0.3 is 0 Å². The summed E-state index contributed by atoms with van der Waals surface area (Å²) in [6.45, 7) is 5.76. The number of aromatic nitrogens is 2. The van der Waals surface area contributed by atoms with Gasteiger partial charge in [-0.05, 0) is 30.0 Å². The van der Waals surface area contributed by atoms with Gasteiger partial charge in [0.1, 0.15) is 5.82 Å². The highest BCUT2D eigenvalue weighted by Crippen LogP contribution is 2.27. The van der Waals surface area contributed by atoms with Crippen LogP contribution in [0.1, 0.15) is 30.9 Å². The third kappa shape index (κ3) is 1.20. The van der Waals surface area contributed by atoms with Crippen molar-refractivity contribution in [3.63, 3.8) is 0 Å². The lowest BCUT2D eigenvalue weighted by Gasteiger charge is -2.09. The lowest BCUT2D eigenvalue weighted by atomic mass is 9.98. The zero-order valence-corrected chi connectivity index (χ0v) is 8.56. The van der Waals surface area contributed by atoms with Crippen LogP contribution in [0.25, 0.3) is 10.9 Å². The van der Waals surface area contributed by atoms with Crippen LogP contribution in [-0.4, -0.2) is 10.2 Å². The predicted molar refractivity (Wildman–Crippen MR) is 54.9 cm³/mol. The molecule has 0 atom stereocenters. The number of nitrogens with one attached hydrogen (secondary N) is 1. The third-order valence-corrected chi connectivity index (χ3v) is 2.58. The standard InChI is InChI=1S/C11H13FN2/c1-6(2)8-4-10-9(5-13-14-10)7(3)11(8)12/h4-6H,1-3H3,(H,13,14). The Balaban J connectivity index is 2.80. The third-order valence-electron chi connectivity index (χ3n) is 2.58. The molecule has 0 saturated carbocycles. The number of benzene rings is 1. The van der Waals surface area contributed by atoms with E-state index in [2.05, 4.69) is 10.2 Å². The number of nitrogens with zero attached hydrogens (tertiary/aromatic N) is 1. The molecule has 74 valence electrons. The minimum Gasteiger partial charge on any atom is -0.278 e. The van der Waals surface area contributed by atoms with E-state index in [-0.39, 0.29) is 11.7 Å². The van der Waals surface area contributed by atoms with Crippen LogP contribution in [0.2, 0.25) is 0 Å². The van der Waals surface area contributed by atoms with E-state index in [4.69, 9.17) is 0 Å². The summed E-state index contributed by atoms with van der Waals surface area (Å²) in [5, 5.41) is 7.65. The average molecular weight is 192 g/mol. The topological polar surface area (TPSA) is 28.7 Å². The van der Waals surface area contributed by atoms with E-state index in [1.54, 1.807) is 13.1 Å². The molecule has 0 saturated heterocycles. The predicted octanol–water partition coefficient (Wildman–Crippen LogP) is 3.13. The normalized spacial score (nSPS) is 11.5. The van der Waals surface area contributed by atoms with Crippen molar-refractivity contribution in [1.82, 2.24) is 10.2 Å².